The van der Waals surface area contributed by atoms with Crippen LogP contribution in [0, 0.1) is 0 Å². The predicted molar refractivity (Wildman–Crippen MR) is 68.7 cm³/mol. The molecule has 0 saturated heterocycles. The molecule has 0 aliphatic rings. The zero-order chi connectivity index (χ0) is 12.3. The van der Waals surface area contributed by atoms with Crippen LogP contribution in [-0.4, -0.2) is 14.8 Å². The largest absolute Gasteiger partial charge is 0.324 e. The molecule has 17 heavy (non-hydrogen) atoms. The Hall–Kier alpha value is -1.39. The predicted octanol–water partition coefficient (Wildman–Crippen LogP) is 2.47. The zero-order valence-electron chi connectivity index (χ0n) is 9.73. The van der Waals surface area contributed by atoms with E-state index in [-0.39, 0.29) is 0 Å². The summed E-state index contributed by atoms with van der Waals surface area (Å²) in [5, 5.41) is 8.99. The first-order chi connectivity index (χ1) is 8.26. The van der Waals surface area contributed by atoms with Crippen LogP contribution in [0.15, 0.2) is 24.3 Å². The van der Waals surface area contributed by atoms with Crippen molar-refractivity contribution >= 4 is 11.6 Å². The van der Waals surface area contributed by atoms with Crippen molar-refractivity contribution in [1.29, 1.82) is 0 Å². The van der Waals surface area contributed by atoms with Gasteiger partial charge in [-0.3, -0.25) is 0 Å². The van der Waals surface area contributed by atoms with Crippen molar-refractivity contribution in [3.63, 3.8) is 0 Å². The van der Waals surface area contributed by atoms with Crippen molar-refractivity contribution in [1.82, 2.24) is 14.8 Å². The van der Waals surface area contributed by atoms with E-state index in [0.717, 1.165) is 30.2 Å². The molecular formula is C12H15ClN4. The summed E-state index contributed by atoms with van der Waals surface area (Å²) in [6.45, 7) is 3.37. The second-order valence-electron chi connectivity index (χ2n) is 3.81. The molecule has 0 spiro atoms. The third-order valence-corrected chi connectivity index (χ3v) is 2.78. The Balaban J connectivity index is 2.47. The first kappa shape index (κ1) is 12.1. The lowest BCUT2D eigenvalue weighted by molar-refractivity contribution is 0.644. The molecule has 0 amide bonds. The normalized spacial score (nSPS) is 10.8. The molecule has 2 N–H and O–H groups in total. The highest BCUT2D eigenvalue weighted by Gasteiger charge is 2.12. The van der Waals surface area contributed by atoms with E-state index < -0.39 is 0 Å². The van der Waals surface area contributed by atoms with E-state index in [4.69, 9.17) is 17.3 Å². The average Bonchev–Trinajstić information content (AvgIpc) is 2.72. The molecule has 0 saturated carbocycles. The summed E-state index contributed by atoms with van der Waals surface area (Å²) in [5.41, 5.74) is 6.62. The van der Waals surface area contributed by atoms with Gasteiger partial charge in [-0.1, -0.05) is 30.7 Å². The van der Waals surface area contributed by atoms with Gasteiger partial charge in [0, 0.05) is 17.1 Å². The van der Waals surface area contributed by atoms with Gasteiger partial charge in [-0.05, 0) is 18.6 Å². The van der Waals surface area contributed by atoms with Gasteiger partial charge in [-0.15, -0.1) is 10.2 Å². The summed E-state index contributed by atoms with van der Waals surface area (Å²) >= 11 is 5.98. The lowest BCUT2D eigenvalue weighted by Crippen LogP contribution is -2.09. The summed E-state index contributed by atoms with van der Waals surface area (Å²) in [6.07, 6.45) is 1.01. The highest BCUT2D eigenvalue weighted by atomic mass is 35.5. The van der Waals surface area contributed by atoms with Gasteiger partial charge in [0.25, 0.3) is 0 Å². The molecule has 0 unspecified atom stereocenters. The maximum atomic E-state index is 5.98. The van der Waals surface area contributed by atoms with Crippen LogP contribution in [0.2, 0.25) is 5.02 Å². The minimum atomic E-state index is 0.396. The molecule has 4 nitrogen and oxygen atoms in total. The Labute approximate surface area is 105 Å². The van der Waals surface area contributed by atoms with Crippen molar-refractivity contribution < 1.29 is 0 Å². The molecule has 0 fully saturated rings. The van der Waals surface area contributed by atoms with Crippen LogP contribution in [0.25, 0.3) is 11.4 Å². The summed E-state index contributed by atoms with van der Waals surface area (Å²) in [5.74, 6) is 1.64. The molecule has 0 bridgehead atoms. The lowest BCUT2D eigenvalue weighted by atomic mass is 10.2. The van der Waals surface area contributed by atoms with E-state index in [2.05, 4.69) is 17.1 Å². The Morgan fingerprint density at radius 1 is 1.35 bits per heavy atom. The minimum absolute atomic E-state index is 0.396. The summed E-state index contributed by atoms with van der Waals surface area (Å²) in [6, 6.07) is 7.61. The van der Waals surface area contributed by atoms with E-state index in [9.17, 15) is 0 Å². The van der Waals surface area contributed by atoms with Crippen LogP contribution in [0.1, 0.15) is 19.2 Å². The number of nitrogens with two attached hydrogens (primary N) is 1. The number of hydrogen-bond acceptors (Lipinski definition) is 3. The van der Waals surface area contributed by atoms with Crippen molar-refractivity contribution in [2.75, 3.05) is 0 Å². The fourth-order valence-electron chi connectivity index (χ4n) is 1.79. The smallest absolute Gasteiger partial charge is 0.164 e. The Morgan fingerprint density at radius 2 is 2.18 bits per heavy atom. The summed E-state index contributed by atoms with van der Waals surface area (Å²) in [4.78, 5) is 0. The fourth-order valence-corrected chi connectivity index (χ4v) is 1.98. The Morgan fingerprint density at radius 3 is 2.82 bits per heavy atom. The van der Waals surface area contributed by atoms with Gasteiger partial charge in [-0.25, -0.2) is 0 Å². The molecule has 1 aromatic heterocycles. The molecule has 0 aliphatic heterocycles. The van der Waals surface area contributed by atoms with E-state index in [1.807, 2.05) is 28.8 Å². The third-order valence-electron chi connectivity index (χ3n) is 2.54. The van der Waals surface area contributed by atoms with Gasteiger partial charge >= 0.3 is 0 Å². The molecule has 90 valence electrons. The topological polar surface area (TPSA) is 56.7 Å². The minimum Gasteiger partial charge on any atom is -0.324 e. The first-order valence-electron chi connectivity index (χ1n) is 5.64. The fraction of sp³-hybridized carbons (Fsp3) is 0.333. The highest BCUT2D eigenvalue weighted by Crippen LogP contribution is 2.22. The van der Waals surface area contributed by atoms with Crippen LogP contribution in [-0.2, 0) is 13.1 Å². The Bertz CT molecular complexity index is 507. The van der Waals surface area contributed by atoms with Gasteiger partial charge in [0.1, 0.15) is 5.82 Å². The van der Waals surface area contributed by atoms with Crippen molar-refractivity contribution in [2.24, 2.45) is 5.73 Å². The number of aromatic nitrogens is 3. The quantitative estimate of drug-likeness (QED) is 0.907. The number of benzene rings is 1. The number of hydrogen-bond donors (Lipinski definition) is 1. The molecule has 1 heterocycles. The maximum absolute atomic E-state index is 5.98. The third kappa shape index (κ3) is 2.48. The number of rotatable bonds is 4. The van der Waals surface area contributed by atoms with Crippen molar-refractivity contribution in [3.8, 4) is 11.4 Å². The lowest BCUT2D eigenvalue weighted by Gasteiger charge is -2.08. The maximum Gasteiger partial charge on any atom is 0.164 e. The van der Waals surface area contributed by atoms with Gasteiger partial charge < -0.3 is 10.3 Å². The van der Waals surface area contributed by atoms with Crippen LogP contribution in [0.3, 0.4) is 0 Å². The zero-order valence-corrected chi connectivity index (χ0v) is 10.5. The molecule has 5 heteroatoms. The van der Waals surface area contributed by atoms with E-state index in [0.29, 0.717) is 11.6 Å². The molecule has 0 aliphatic carbocycles. The SMILES string of the molecule is CCCn1c(CN)nnc1-c1cccc(Cl)c1. The molecular weight excluding hydrogens is 236 g/mol. The summed E-state index contributed by atoms with van der Waals surface area (Å²) in [7, 11) is 0. The molecule has 2 aromatic rings. The average molecular weight is 251 g/mol. The molecule has 0 radical (unpaired) electrons. The van der Waals surface area contributed by atoms with Crippen LogP contribution < -0.4 is 5.73 Å². The van der Waals surface area contributed by atoms with Gasteiger partial charge in [0.15, 0.2) is 5.82 Å². The number of nitrogens with zero attached hydrogens (tertiary/aromatic N) is 3. The van der Waals surface area contributed by atoms with Gasteiger partial charge in [-0.2, -0.15) is 0 Å². The second-order valence-corrected chi connectivity index (χ2v) is 4.24. The monoisotopic (exact) mass is 250 g/mol. The standard InChI is InChI=1S/C12H15ClN4/c1-2-6-17-11(8-14)15-16-12(17)9-4-3-5-10(13)7-9/h3-5,7H,2,6,8,14H2,1H3. The second kappa shape index (κ2) is 5.29. The van der Waals surface area contributed by atoms with E-state index >= 15 is 0 Å². The molecule has 2 rings (SSSR count). The number of halogens is 1. The van der Waals surface area contributed by atoms with Gasteiger partial charge in [0.05, 0.1) is 6.54 Å². The Kier molecular flexibility index (Phi) is 3.76. The van der Waals surface area contributed by atoms with Gasteiger partial charge in [0.2, 0.25) is 0 Å². The van der Waals surface area contributed by atoms with E-state index in [1.165, 1.54) is 0 Å². The summed E-state index contributed by atoms with van der Waals surface area (Å²) < 4.78 is 2.05. The van der Waals surface area contributed by atoms with Crippen LogP contribution in [0.4, 0.5) is 0 Å². The van der Waals surface area contributed by atoms with Crippen molar-refractivity contribution in [3.05, 3.63) is 35.1 Å². The highest BCUT2D eigenvalue weighted by molar-refractivity contribution is 6.30. The first-order valence-corrected chi connectivity index (χ1v) is 6.02. The van der Waals surface area contributed by atoms with Crippen molar-refractivity contribution in [2.45, 2.75) is 26.4 Å². The molecule has 1 aromatic carbocycles. The molecule has 0 atom stereocenters. The van der Waals surface area contributed by atoms with Crippen LogP contribution >= 0.6 is 11.6 Å². The van der Waals surface area contributed by atoms with Crippen LogP contribution in [0.5, 0.6) is 0 Å². The van der Waals surface area contributed by atoms with E-state index in [1.54, 1.807) is 0 Å².